The number of nitrogens with two attached hydrogens (primary N) is 1. The molecule has 1 fully saturated rings. The number of sulfonamides is 1. The average Bonchev–Trinajstić information content (AvgIpc) is 2.67. The molecule has 0 radical (unpaired) electrons. The van der Waals surface area contributed by atoms with Gasteiger partial charge in [-0.05, 0) is 12.1 Å². The van der Waals surface area contributed by atoms with Crippen molar-refractivity contribution in [1.29, 1.82) is 0 Å². The topological polar surface area (TPSA) is 111 Å². The van der Waals surface area contributed by atoms with E-state index in [1.165, 1.54) is 23.5 Å². The molecule has 1 atom stereocenters. The van der Waals surface area contributed by atoms with E-state index >= 15 is 0 Å². The van der Waals surface area contributed by atoms with Crippen molar-refractivity contribution in [2.45, 2.75) is 10.9 Å². The molecule has 152 valence electrons. The summed E-state index contributed by atoms with van der Waals surface area (Å²) in [7, 11) is -2.19. The summed E-state index contributed by atoms with van der Waals surface area (Å²) >= 11 is 0. The van der Waals surface area contributed by atoms with Crippen molar-refractivity contribution in [3.63, 3.8) is 0 Å². The van der Waals surface area contributed by atoms with E-state index in [2.05, 4.69) is 0 Å². The van der Waals surface area contributed by atoms with Crippen molar-refractivity contribution < 1.29 is 27.4 Å². The van der Waals surface area contributed by atoms with Gasteiger partial charge in [-0.3, -0.25) is 4.79 Å². The van der Waals surface area contributed by atoms with Gasteiger partial charge in [0.15, 0.2) is 11.5 Å². The van der Waals surface area contributed by atoms with E-state index in [1.54, 1.807) is 11.0 Å². The van der Waals surface area contributed by atoms with Crippen molar-refractivity contribution in [3.8, 4) is 11.5 Å². The van der Waals surface area contributed by atoms with E-state index in [0.29, 0.717) is 37.8 Å². The average molecular weight is 422 g/mol. The first kappa shape index (κ1) is 21.7. The Balaban J connectivity index is 0.00000261. The second kappa shape index (κ2) is 9.07. The summed E-state index contributed by atoms with van der Waals surface area (Å²) in [5.41, 5.74) is 5.76. The highest BCUT2D eigenvalue weighted by atomic mass is 35.5. The summed E-state index contributed by atoms with van der Waals surface area (Å²) in [6.45, 7) is 1.97. The molecule has 3 rings (SSSR count). The van der Waals surface area contributed by atoms with Crippen LogP contribution in [0.4, 0.5) is 0 Å². The Labute approximate surface area is 164 Å². The Morgan fingerprint density at radius 1 is 1.19 bits per heavy atom. The van der Waals surface area contributed by atoms with Gasteiger partial charge in [0.05, 0.1) is 11.5 Å². The molecule has 0 saturated carbocycles. The molecule has 2 aliphatic rings. The summed E-state index contributed by atoms with van der Waals surface area (Å²) in [6.07, 6.45) is 0. The number of ether oxygens (including phenoxy) is 3. The van der Waals surface area contributed by atoms with Crippen LogP contribution >= 0.6 is 12.4 Å². The highest BCUT2D eigenvalue weighted by molar-refractivity contribution is 7.89. The highest BCUT2D eigenvalue weighted by Gasteiger charge is 2.32. The molecule has 0 aliphatic carbocycles. The second-order valence-corrected chi connectivity index (χ2v) is 8.03. The number of piperazine rings is 1. The van der Waals surface area contributed by atoms with Crippen LogP contribution in [0.25, 0.3) is 0 Å². The molecular weight excluding hydrogens is 398 g/mol. The number of rotatable bonds is 5. The Morgan fingerprint density at radius 2 is 1.81 bits per heavy atom. The monoisotopic (exact) mass is 421 g/mol. The van der Waals surface area contributed by atoms with Gasteiger partial charge in [0.2, 0.25) is 15.9 Å². The van der Waals surface area contributed by atoms with Crippen LogP contribution in [-0.2, 0) is 19.6 Å². The molecule has 1 unspecified atom stereocenters. The number of hydrogen-bond donors (Lipinski definition) is 1. The van der Waals surface area contributed by atoms with E-state index in [-0.39, 0.29) is 42.9 Å². The van der Waals surface area contributed by atoms with Gasteiger partial charge in [0.25, 0.3) is 0 Å². The lowest BCUT2D eigenvalue weighted by atomic mass is 10.2. The molecule has 2 heterocycles. The molecule has 0 bridgehead atoms. The number of nitrogens with zero attached hydrogens (tertiary/aromatic N) is 2. The van der Waals surface area contributed by atoms with Crippen molar-refractivity contribution in [2.24, 2.45) is 5.73 Å². The van der Waals surface area contributed by atoms with Crippen LogP contribution in [0.3, 0.4) is 0 Å². The molecule has 9 nitrogen and oxygen atoms in total. The van der Waals surface area contributed by atoms with E-state index < -0.39 is 16.1 Å². The number of carbonyl (C=O) groups is 1. The Kier molecular flexibility index (Phi) is 7.29. The van der Waals surface area contributed by atoms with Gasteiger partial charge < -0.3 is 24.8 Å². The fourth-order valence-electron chi connectivity index (χ4n) is 2.97. The van der Waals surface area contributed by atoms with Gasteiger partial charge in [-0.1, -0.05) is 0 Å². The number of amides is 1. The van der Waals surface area contributed by atoms with E-state index in [1.807, 2.05) is 0 Å². The first-order valence-corrected chi connectivity index (χ1v) is 9.80. The Morgan fingerprint density at radius 3 is 2.44 bits per heavy atom. The van der Waals surface area contributed by atoms with Crippen molar-refractivity contribution in [3.05, 3.63) is 18.2 Å². The van der Waals surface area contributed by atoms with Crippen molar-refractivity contribution in [2.75, 3.05) is 53.1 Å². The smallest absolute Gasteiger partial charge is 0.243 e. The SMILES string of the molecule is COCC(N)C(=O)N1CCN(S(=O)(=O)c2ccc3c(c2)OCCO3)CC1.Cl. The third kappa shape index (κ3) is 4.64. The third-order valence-electron chi connectivity index (χ3n) is 4.37. The van der Waals surface area contributed by atoms with E-state index in [9.17, 15) is 13.2 Å². The molecule has 27 heavy (non-hydrogen) atoms. The predicted molar refractivity (Wildman–Crippen MR) is 99.9 cm³/mol. The maximum absolute atomic E-state index is 12.9. The number of hydrogen-bond acceptors (Lipinski definition) is 7. The predicted octanol–water partition coefficient (Wildman–Crippen LogP) is -0.314. The van der Waals surface area contributed by atoms with Crippen LogP contribution in [0.1, 0.15) is 0 Å². The molecule has 1 aromatic rings. The van der Waals surface area contributed by atoms with Gasteiger partial charge in [0.1, 0.15) is 19.3 Å². The van der Waals surface area contributed by atoms with Gasteiger partial charge in [0, 0.05) is 39.4 Å². The minimum atomic E-state index is -3.67. The first-order chi connectivity index (χ1) is 12.4. The highest BCUT2D eigenvalue weighted by Crippen LogP contribution is 2.33. The minimum absolute atomic E-state index is 0. The van der Waals surface area contributed by atoms with Crippen LogP contribution in [0.2, 0.25) is 0 Å². The Hall–Kier alpha value is -1.59. The lowest BCUT2D eigenvalue weighted by molar-refractivity contribution is -0.134. The lowest BCUT2D eigenvalue weighted by Crippen LogP contribution is -2.55. The molecule has 2 N–H and O–H groups in total. The zero-order valence-corrected chi connectivity index (χ0v) is 16.6. The molecular formula is C16H24ClN3O6S. The fraction of sp³-hybridized carbons (Fsp3) is 0.562. The summed E-state index contributed by atoms with van der Waals surface area (Å²) < 4.78 is 42.9. The van der Waals surface area contributed by atoms with Gasteiger partial charge in [-0.2, -0.15) is 4.31 Å². The Bertz CT molecular complexity index is 767. The molecule has 2 aliphatic heterocycles. The lowest BCUT2D eigenvalue weighted by Gasteiger charge is -2.35. The zero-order chi connectivity index (χ0) is 18.7. The van der Waals surface area contributed by atoms with Crippen molar-refractivity contribution in [1.82, 2.24) is 9.21 Å². The fourth-order valence-corrected chi connectivity index (χ4v) is 4.41. The van der Waals surface area contributed by atoms with E-state index in [0.717, 1.165) is 0 Å². The number of benzene rings is 1. The summed E-state index contributed by atoms with van der Waals surface area (Å²) in [6, 6.07) is 3.86. The molecule has 1 amide bonds. The standard InChI is InChI=1S/C16H23N3O6S.ClH/c1-23-11-13(17)16(20)18-4-6-19(7-5-18)26(21,22)12-2-3-14-15(10-12)25-9-8-24-14;/h2-3,10,13H,4-9,11,17H2,1H3;1H. The summed E-state index contributed by atoms with van der Waals surface area (Å²) in [5, 5.41) is 0. The molecule has 0 spiro atoms. The normalized spacial score (nSPS) is 18.5. The number of carbonyl (C=O) groups excluding carboxylic acids is 1. The quantitative estimate of drug-likeness (QED) is 0.693. The summed E-state index contributed by atoms with van der Waals surface area (Å²) in [5.74, 6) is 0.734. The largest absolute Gasteiger partial charge is 0.486 e. The molecule has 1 saturated heterocycles. The zero-order valence-electron chi connectivity index (χ0n) is 15.0. The molecule has 1 aromatic carbocycles. The van der Waals surface area contributed by atoms with Gasteiger partial charge in [-0.25, -0.2) is 8.42 Å². The van der Waals surface area contributed by atoms with Gasteiger partial charge >= 0.3 is 0 Å². The van der Waals surface area contributed by atoms with Crippen LogP contribution < -0.4 is 15.2 Å². The number of methoxy groups -OCH3 is 1. The number of fused-ring (bicyclic) bond motifs is 1. The maximum atomic E-state index is 12.9. The maximum Gasteiger partial charge on any atom is 0.243 e. The van der Waals surface area contributed by atoms with Crippen LogP contribution in [0.15, 0.2) is 23.1 Å². The minimum Gasteiger partial charge on any atom is -0.486 e. The molecule has 11 heteroatoms. The van der Waals surface area contributed by atoms with Gasteiger partial charge in [-0.15, -0.1) is 12.4 Å². The first-order valence-electron chi connectivity index (χ1n) is 8.36. The summed E-state index contributed by atoms with van der Waals surface area (Å²) in [4.78, 5) is 13.9. The third-order valence-corrected chi connectivity index (χ3v) is 6.26. The number of halogens is 1. The van der Waals surface area contributed by atoms with Crippen LogP contribution in [-0.4, -0.2) is 82.7 Å². The van der Waals surface area contributed by atoms with Crippen LogP contribution in [0, 0.1) is 0 Å². The second-order valence-electron chi connectivity index (χ2n) is 6.10. The van der Waals surface area contributed by atoms with E-state index in [4.69, 9.17) is 19.9 Å². The van der Waals surface area contributed by atoms with Crippen molar-refractivity contribution >= 4 is 28.3 Å². The molecule has 0 aromatic heterocycles. The van der Waals surface area contributed by atoms with Crippen LogP contribution in [0.5, 0.6) is 11.5 Å².